The molecule has 0 bridgehead atoms. The average Bonchev–Trinajstić information content (AvgIpc) is 2.78. The highest BCUT2D eigenvalue weighted by molar-refractivity contribution is 7.05. The molecule has 1 fully saturated rings. The molecule has 2 rings (SSSR count). The molecule has 0 aromatic carbocycles. The summed E-state index contributed by atoms with van der Waals surface area (Å²) < 4.78 is 8.87. The predicted molar refractivity (Wildman–Crippen MR) is 60.1 cm³/mol. The van der Waals surface area contributed by atoms with E-state index < -0.39 is 5.41 Å². The molecule has 1 amide bonds. The minimum atomic E-state index is -0.708. The van der Waals surface area contributed by atoms with E-state index in [1.807, 2.05) is 0 Å². The Labute approximate surface area is 103 Å². The van der Waals surface area contributed by atoms with Crippen LogP contribution in [-0.2, 0) is 20.9 Å². The Hall–Kier alpha value is -1.50. The normalized spacial score (nSPS) is 24.2. The summed E-state index contributed by atoms with van der Waals surface area (Å²) in [5.74, 6) is -0.434. The van der Waals surface area contributed by atoms with E-state index in [9.17, 15) is 9.59 Å². The second-order valence-electron chi connectivity index (χ2n) is 4.30. The minimum absolute atomic E-state index is 0.102. The zero-order valence-corrected chi connectivity index (χ0v) is 10.2. The Bertz CT molecular complexity index is 420. The summed E-state index contributed by atoms with van der Waals surface area (Å²) in [6.07, 6.45) is 2.36. The molecule has 1 aromatic rings. The number of nitrogens with zero attached hydrogens (tertiary/aromatic N) is 2. The fourth-order valence-electron chi connectivity index (χ4n) is 1.72. The van der Waals surface area contributed by atoms with E-state index in [2.05, 4.69) is 14.9 Å². The molecule has 7 heteroatoms. The first kappa shape index (κ1) is 12.0. The number of aromatic nitrogens is 2. The molecule has 1 aromatic heterocycles. The molecule has 0 radical (unpaired) electrons. The van der Waals surface area contributed by atoms with Crippen molar-refractivity contribution in [2.45, 2.75) is 26.4 Å². The van der Waals surface area contributed by atoms with Gasteiger partial charge in [0.1, 0.15) is 6.61 Å². The fourth-order valence-corrected chi connectivity index (χ4v) is 2.12. The second-order valence-corrected chi connectivity index (χ2v) is 5.17. The zero-order valence-electron chi connectivity index (χ0n) is 9.43. The first-order valence-electron chi connectivity index (χ1n) is 5.30. The molecule has 0 aliphatic carbocycles. The van der Waals surface area contributed by atoms with Crippen LogP contribution in [0.25, 0.3) is 0 Å². The van der Waals surface area contributed by atoms with Crippen LogP contribution in [-0.4, -0.2) is 28.0 Å². The molecule has 1 aliphatic heterocycles. The molecular formula is C10H13N3O3S. The summed E-state index contributed by atoms with van der Waals surface area (Å²) in [6.45, 7) is 2.46. The molecule has 92 valence electrons. The average molecular weight is 255 g/mol. The van der Waals surface area contributed by atoms with Crippen LogP contribution in [0.15, 0.2) is 6.20 Å². The lowest BCUT2D eigenvalue weighted by Gasteiger charge is -2.30. The van der Waals surface area contributed by atoms with Crippen molar-refractivity contribution in [3.63, 3.8) is 0 Å². The van der Waals surface area contributed by atoms with Gasteiger partial charge in [-0.3, -0.25) is 9.59 Å². The van der Waals surface area contributed by atoms with Gasteiger partial charge in [-0.1, -0.05) is 4.49 Å². The largest absolute Gasteiger partial charge is 0.459 e. The monoisotopic (exact) mass is 255 g/mol. The molecule has 1 saturated heterocycles. The maximum Gasteiger partial charge on any atom is 0.312 e. The number of ether oxygens (including phenoxy) is 1. The maximum absolute atomic E-state index is 11.9. The van der Waals surface area contributed by atoms with Crippen molar-refractivity contribution >= 4 is 23.4 Å². The van der Waals surface area contributed by atoms with Crippen molar-refractivity contribution in [2.75, 3.05) is 6.54 Å². The smallest absolute Gasteiger partial charge is 0.312 e. The molecule has 0 saturated carbocycles. The van der Waals surface area contributed by atoms with E-state index in [4.69, 9.17) is 4.74 Å². The standard InChI is InChI=1S/C10H13N3O3S/c1-10(2-3-11-8(14)4-10)9(15)16-6-7-5-12-13-17-7/h5H,2-4,6H2,1H3,(H,11,14). The number of esters is 1. The van der Waals surface area contributed by atoms with Crippen LogP contribution >= 0.6 is 11.5 Å². The van der Waals surface area contributed by atoms with E-state index in [1.165, 1.54) is 11.5 Å². The van der Waals surface area contributed by atoms with Crippen LogP contribution in [0.2, 0.25) is 0 Å². The van der Waals surface area contributed by atoms with E-state index in [-0.39, 0.29) is 24.9 Å². The third-order valence-corrected chi connectivity index (χ3v) is 3.43. The van der Waals surface area contributed by atoms with Gasteiger partial charge in [-0.15, -0.1) is 5.10 Å². The van der Waals surface area contributed by atoms with Crippen molar-refractivity contribution < 1.29 is 14.3 Å². The summed E-state index contributed by atoms with van der Waals surface area (Å²) in [5.41, 5.74) is -0.708. The summed E-state index contributed by atoms with van der Waals surface area (Å²) in [4.78, 5) is 24.0. The number of nitrogens with one attached hydrogen (secondary N) is 1. The number of amides is 1. The minimum Gasteiger partial charge on any atom is -0.459 e. The van der Waals surface area contributed by atoms with Gasteiger partial charge in [0.05, 0.1) is 16.5 Å². The number of piperidine rings is 1. The fraction of sp³-hybridized carbons (Fsp3) is 0.600. The third-order valence-electron chi connectivity index (χ3n) is 2.79. The third kappa shape index (κ3) is 2.79. The van der Waals surface area contributed by atoms with Crippen LogP contribution in [0.1, 0.15) is 24.6 Å². The molecule has 2 heterocycles. The van der Waals surface area contributed by atoms with Gasteiger partial charge in [0.15, 0.2) is 0 Å². The van der Waals surface area contributed by atoms with Gasteiger partial charge in [0, 0.05) is 13.0 Å². The van der Waals surface area contributed by atoms with Gasteiger partial charge in [-0.25, -0.2) is 0 Å². The molecule has 1 N–H and O–H groups in total. The van der Waals surface area contributed by atoms with Crippen molar-refractivity contribution in [1.82, 2.24) is 14.9 Å². The predicted octanol–water partition coefficient (Wildman–Crippen LogP) is 0.498. The Kier molecular flexibility index (Phi) is 3.37. The van der Waals surface area contributed by atoms with Crippen LogP contribution in [0.3, 0.4) is 0 Å². The molecule has 1 unspecified atom stereocenters. The van der Waals surface area contributed by atoms with Gasteiger partial charge in [-0.05, 0) is 24.9 Å². The van der Waals surface area contributed by atoms with Crippen molar-refractivity contribution in [3.05, 3.63) is 11.1 Å². The Balaban J connectivity index is 1.92. The van der Waals surface area contributed by atoms with E-state index in [0.717, 1.165) is 4.88 Å². The molecule has 1 atom stereocenters. The lowest BCUT2D eigenvalue weighted by Crippen LogP contribution is -2.44. The zero-order chi connectivity index (χ0) is 12.3. The van der Waals surface area contributed by atoms with E-state index in [1.54, 1.807) is 13.1 Å². The molecule has 1 aliphatic rings. The van der Waals surface area contributed by atoms with E-state index in [0.29, 0.717) is 13.0 Å². The summed E-state index contributed by atoms with van der Waals surface area (Å²) in [7, 11) is 0. The lowest BCUT2D eigenvalue weighted by atomic mass is 9.81. The summed E-state index contributed by atoms with van der Waals surface area (Å²) in [5, 5.41) is 6.35. The Morgan fingerprint density at radius 3 is 3.18 bits per heavy atom. The molecule has 0 spiro atoms. The van der Waals surface area contributed by atoms with Gasteiger partial charge in [0.2, 0.25) is 5.91 Å². The van der Waals surface area contributed by atoms with Crippen LogP contribution < -0.4 is 5.32 Å². The van der Waals surface area contributed by atoms with Gasteiger partial charge in [-0.2, -0.15) is 0 Å². The quantitative estimate of drug-likeness (QED) is 0.795. The van der Waals surface area contributed by atoms with Crippen molar-refractivity contribution in [3.8, 4) is 0 Å². The van der Waals surface area contributed by atoms with Crippen molar-refractivity contribution in [1.29, 1.82) is 0 Å². The van der Waals surface area contributed by atoms with Crippen LogP contribution in [0.5, 0.6) is 0 Å². The lowest BCUT2D eigenvalue weighted by molar-refractivity contribution is -0.160. The second kappa shape index (κ2) is 4.79. The highest BCUT2D eigenvalue weighted by atomic mass is 32.1. The highest BCUT2D eigenvalue weighted by Crippen LogP contribution is 2.30. The molecular weight excluding hydrogens is 242 g/mol. The Morgan fingerprint density at radius 2 is 2.53 bits per heavy atom. The van der Waals surface area contributed by atoms with Gasteiger partial charge >= 0.3 is 5.97 Å². The summed E-state index contributed by atoms with van der Waals surface area (Å²) >= 11 is 1.19. The molecule has 17 heavy (non-hydrogen) atoms. The van der Waals surface area contributed by atoms with Gasteiger partial charge in [0.25, 0.3) is 0 Å². The maximum atomic E-state index is 11.9. The number of hydrogen-bond acceptors (Lipinski definition) is 6. The van der Waals surface area contributed by atoms with Gasteiger partial charge < -0.3 is 10.1 Å². The van der Waals surface area contributed by atoms with Crippen LogP contribution in [0.4, 0.5) is 0 Å². The van der Waals surface area contributed by atoms with E-state index >= 15 is 0 Å². The number of carbonyl (C=O) groups excluding carboxylic acids is 2. The topological polar surface area (TPSA) is 81.2 Å². The first-order valence-corrected chi connectivity index (χ1v) is 6.08. The number of carbonyl (C=O) groups is 2. The highest BCUT2D eigenvalue weighted by Gasteiger charge is 2.39. The van der Waals surface area contributed by atoms with Crippen LogP contribution in [0, 0.1) is 5.41 Å². The summed E-state index contributed by atoms with van der Waals surface area (Å²) in [6, 6.07) is 0. The number of hydrogen-bond donors (Lipinski definition) is 1. The Morgan fingerprint density at radius 1 is 1.71 bits per heavy atom. The molecule has 6 nitrogen and oxygen atoms in total. The SMILES string of the molecule is CC1(C(=O)OCc2cnns2)CCNC(=O)C1. The first-order chi connectivity index (χ1) is 8.10. The number of rotatable bonds is 3. The van der Waals surface area contributed by atoms with Crippen molar-refractivity contribution in [2.24, 2.45) is 5.41 Å².